The number of hydroxylamine groups is 2. The van der Waals surface area contributed by atoms with Gasteiger partial charge in [0.1, 0.15) is 0 Å². The molecule has 0 saturated carbocycles. The molecule has 0 radical (unpaired) electrons. The van der Waals surface area contributed by atoms with Gasteiger partial charge < -0.3 is 9.94 Å². The summed E-state index contributed by atoms with van der Waals surface area (Å²) in [5.41, 5.74) is 1.14. The zero-order valence-electron chi connectivity index (χ0n) is 11.8. The van der Waals surface area contributed by atoms with Crippen LogP contribution in [0.2, 0.25) is 0 Å². The maximum absolute atomic E-state index is 10.5. The third kappa shape index (κ3) is 3.80. The van der Waals surface area contributed by atoms with E-state index in [2.05, 4.69) is 32.9 Å². The Labute approximate surface area is 110 Å². The van der Waals surface area contributed by atoms with Gasteiger partial charge in [-0.15, -0.1) is 0 Å². The zero-order chi connectivity index (χ0) is 13.5. The van der Waals surface area contributed by atoms with E-state index >= 15 is 0 Å². The first kappa shape index (κ1) is 15.2. The van der Waals surface area contributed by atoms with Crippen LogP contribution in [0.15, 0.2) is 30.3 Å². The third-order valence-electron chi connectivity index (χ3n) is 3.34. The van der Waals surface area contributed by atoms with Crippen LogP contribution in [0.25, 0.3) is 0 Å². The van der Waals surface area contributed by atoms with Gasteiger partial charge >= 0.3 is 0 Å². The van der Waals surface area contributed by atoms with Crippen LogP contribution >= 0.6 is 0 Å². The lowest BCUT2D eigenvalue weighted by Gasteiger charge is -2.34. The lowest BCUT2D eigenvalue weighted by Crippen LogP contribution is -2.42. The van der Waals surface area contributed by atoms with Gasteiger partial charge in [-0.1, -0.05) is 51.1 Å². The summed E-state index contributed by atoms with van der Waals surface area (Å²) in [4.78, 5) is 0. The van der Waals surface area contributed by atoms with Gasteiger partial charge in [-0.25, -0.2) is 0 Å². The zero-order valence-corrected chi connectivity index (χ0v) is 11.8. The summed E-state index contributed by atoms with van der Waals surface area (Å²) in [6.07, 6.45) is 0.868. The molecule has 1 N–H and O–H groups in total. The van der Waals surface area contributed by atoms with E-state index in [1.54, 1.807) is 7.11 Å². The first-order chi connectivity index (χ1) is 8.61. The van der Waals surface area contributed by atoms with Crippen molar-refractivity contribution in [3.63, 3.8) is 0 Å². The van der Waals surface area contributed by atoms with Gasteiger partial charge in [-0.3, -0.25) is 0 Å². The largest absolute Gasteiger partial charge is 0.383 e. The van der Waals surface area contributed by atoms with E-state index in [0.717, 1.165) is 12.0 Å². The van der Waals surface area contributed by atoms with Crippen LogP contribution in [0, 0.1) is 5.92 Å². The van der Waals surface area contributed by atoms with Gasteiger partial charge in [0.15, 0.2) is 0 Å². The molecule has 0 bridgehead atoms. The minimum Gasteiger partial charge on any atom is -0.383 e. The fourth-order valence-electron chi connectivity index (χ4n) is 2.23. The van der Waals surface area contributed by atoms with Crippen LogP contribution < -0.4 is 0 Å². The highest BCUT2D eigenvalue weighted by atomic mass is 16.5. The van der Waals surface area contributed by atoms with E-state index in [4.69, 9.17) is 4.74 Å². The smallest absolute Gasteiger partial charge is 0.0644 e. The highest BCUT2D eigenvalue weighted by Crippen LogP contribution is 2.26. The van der Waals surface area contributed by atoms with Gasteiger partial charge in [0.2, 0.25) is 0 Å². The second kappa shape index (κ2) is 7.52. The van der Waals surface area contributed by atoms with Gasteiger partial charge in [0.25, 0.3) is 0 Å². The normalized spacial score (nSPS) is 15.1. The molecule has 0 spiro atoms. The average Bonchev–Trinajstić information content (AvgIpc) is 2.37. The molecule has 0 amide bonds. The van der Waals surface area contributed by atoms with Crippen LogP contribution in [-0.4, -0.2) is 30.0 Å². The molecule has 2 atom stereocenters. The fourth-order valence-corrected chi connectivity index (χ4v) is 2.23. The molecule has 1 aromatic carbocycles. The molecule has 0 aromatic heterocycles. The Bertz CT molecular complexity index is 327. The highest BCUT2D eigenvalue weighted by Gasteiger charge is 2.27. The topological polar surface area (TPSA) is 32.7 Å². The molecule has 0 unspecified atom stereocenters. The number of rotatable bonds is 7. The average molecular weight is 251 g/mol. The molecule has 0 aliphatic rings. The summed E-state index contributed by atoms with van der Waals surface area (Å²) >= 11 is 0. The SMILES string of the molecule is CC[C@@H](c1ccccc1)N(O)[C@H](COC)C(C)C. The monoisotopic (exact) mass is 251 g/mol. The van der Waals surface area contributed by atoms with Crippen molar-refractivity contribution in [2.45, 2.75) is 39.3 Å². The van der Waals surface area contributed by atoms with Crippen molar-refractivity contribution in [2.75, 3.05) is 13.7 Å². The number of hydrogen-bond acceptors (Lipinski definition) is 3. The molecule has 0 heterocycles. The van der Waals surface area contributed by atoms with E-state index in [-0.39, 0.29) is 12.1 Å². The van der Waals surface area contributed by atoms with E-state index in [9.17, 15) is 5.21 Å². The van der Waals surface area contributed by atoms with Crippen LogP contribution in [0.3, 0.4) is 0 Å². The molecular formula is C15H25NO2. The number of methoxy groups -OCH3 is 1. The molecule has 3 heteroatoms. The second-order valence-electron chi connectivity index (χ2n) is 4.98. The van der Waals surface area contributed by atoms with E-state index < -0.39 is 0 Å². The maximum Gasteiger partial charge on any atom is 0.0644 e. The van der Waals surface area contributed by atoms with Crippen LogP contribution in [0.4, 0.5) is 0 Å². The van der Waals surface area contributed by atoms with Crippen LogP contribution in [0.5, 0.6) is 0 Å². The van der Waals surface area contributed by atoms with E-state index in [1.165, 1.54) is 5.06 Å². The predicted molar refractivity (Wildman–Crippen MR) is 73.6 cm³/mol. The van der Waals surface area contributed by atoms with Gasteiger partial charge in [-0.2, -0.15) is 5.06 Å². The highest BCUT2D eigenvalue weighted by molar-refractivity contribution is 5.18. The minimum absolute atomic E-state index is 0.0140. The van der Waals surface area contributed by atoms with Crippen LogP contribution in [0.1, 0.15) is 38.8 Å². The molecule has 0 aliphatic heterocycles. The van der Waals surface area contributed by atoms with Crippen LogP contribution in [-0.2, 0) is 4.74 Å². The standard InChI is InChI=1S/C15H25NO2/c1-5-14(13-9-7-6-8-10-13)16(17)15(11-18-4)12(2)3/h6-10,12,14-15,17H,5,11H2,1-4H3/t14-,15+/m0/s1. The van der Waals surface area contributed by atoms with Crippen molar-refractivity contribution in [1.82, 2.24) is 5.06 Å². The van der Waals surface area contributed by atoms with Gasteiger partial charge in [0.05, 0.1) is 18.7 Å². The molecule has 0 saturated heterocycles. The molecule has 0 fully saturated rings. The number of ether oxygens (including phenoxy) is 1. The van der Waals surface area contributed by atoms with Crippen molar-refractivity contribution in [2.24, 2.45) is 5.92 Å². The quantitative estimate of drug-likeness (QED) is 0.753. The summed E-state index contributed by atoms with van der Waals surface area (Å²) in [5, 5.41) is 11.9. The Morgan fingerprint density at radius 3 is 2.28 bits per heavy atom. The molecule has 1 aromatic rings. The molecule has 1 rings (SSSR count). The molecule has 102 valence electrons. The minimum atomic E-state index is 0.0140. The molecule has 18 heavy (non-hydrogen) atoms. The van der Waals surface area contributed by atoms with Crippen molar-refractivity contribution in [3.05, 3.63) is 35.9 Å². The van der Waals surface area contributed by atoms with E-state index in [0.29, 0.717) is 12.5 Å². The predicted octanol–water partition coefficient (Wildman–Crippen LogP) is 3.50. The summed E-state index contributed by atoms with van der Waals surface area (Å²) < 4.78 is 5.22. The summed E-state index contributed by atoms with van der Waals surface area (Å²) in [7, 11) is 1.67. The summed E-state index contributed by atoms with van der Waals surface area (Å²) in [5.74, 6) is 0.340. The van der Waals surface area contributed by atoms with Gasteiger partial charge in [-0.05, 0) is 17.9 Å². The third-order valence-corrected chi connectivity index (χ3v) is 3.34. The Kier molecular flexibility index (Phi) is 6.33. The molecular weight excluding hydrogens is 226 g/mol. The van der Waals surface area contributed by atoms with Crippen molar-refractivity contribution in [3.8, 4) is 0 Å². The Balaban J connectivity index is 2.86. The number of hydrogen-bond donors (Lipinski definition) is 1. The fraction of sp³-hybridized carbons (Fsp3) is 0.600. The van der Waals surface area contributed by atoms with E-state index in [1.807, 2.05) is 18.2 Å². The Morgan fingerprint density at radius 2 is 1.83 bits per heavy atom. The number of benzene rings is 1. The second-order valence-corrected chi connectivity index (χ2v) is 4.98. The lowest BCUT2D eigenvalue weighted by molar-refractivity contribution is -0.184. The van der Waals surface area contributed by atoms with Gasteiger partial charge in [0, 0.05) is 7.11 Å². The summed E-state index contributed by atoms with van der Waals surface area (Å²) in [6.45, 7) is 6.83. The first-order valence-electron chi connectivity index (χ1n) is 6.62. The van der Waals surface area contributed by atoms with Crippen molar-refractivity contribution >= 4 is 0 Å². The van der Waals surface area contributed by atoms with Crippen molar-refractivity contribution < 1.29 is 9.94 Å². The lowest BCUT2D eigenvalue weighted by atomic mass is 9.99. The molecule has 3 nitrogen and oxygen atoms in total. The maximum atomic E-state index is 10.5. The Morgan fingerprint density at radius 1 is 1.22 bits per heavy atom. The van der Waals surface area contributed by atoms with Crippen molar-refractivity contribution in [1.29, 1.82) is 0 Å². The Hall–Kier alpha value is -0.900. The number of nitrogens with zero attached hydrogens (tertiary/aromatic N) is 1. The summed E-state index contributed by atoms with van der Waals surface area (Å²) in [6, 6.07) is 10.2. The first-order valence-corrected chi connectivity index (χ1v) is 6.62. The molecule has 0 aliphatic carbocycles.